The molecule has 124 valence electrons. The van der Waals surface area contributed by atoms with Gasteiger partial charge in [0.15, 0.2) is 5.65 Å². The number of anilines is 2. The minimum atomic E-state index is 0.712. The lowest BCUT2D eigenvalue weighted by Gasteiger charge is -2.13. The predicted octanol–water partition coefficient (Wildman–Crippen LogP) is 5.41. The zero-order chi connectivity index (χ0) is 17.4. The van der Waals surface area contributed by atoms with Gasteiger partial charge in [0.2, 0.25) is 0 Å². The van der Waals surface area contributed by atoms with Crippen LogP contribution < -0.4 is 5.32 Å². The number of nitrogens with one attached hydrogen (secondary N) is 1. The Labute approximate surface area is 151 Å². The summed E-state index contributed by atoms with van der Waals surface area (Å²) in [5, 5.41) is 8.74. The normalized spacial score (nSPS) is 11.0. The van der Waals surface area contributed by atoms with Gasteiger partial charge < -0.3 is 5.32 Å². The maximum absolute atomic E-state index is 5.98. The molecule has 5 heteroatoms. The van der Waals surface area contributed by atoms with E-state index in [4.69, 9.17) is 16.6 Å². The number of benzene rings is 2. The van der Waals surface area contributed by atoms with Crippen LogP contribution in [0, 0.1) is 13.8 Å². The van der Waals surface area contributed by atoms with Gasteiger partial charge in [-0.25, -0.2) is 4.98 Å². The van der Waals surface area contributed by atoms with Crippen molar-refractivity contribution in [3.63, 3.8) is 0 Å². The Bertz CT molecular complexity index is 1040. The molecule has 0 saturated carbocycles. The minimum absolute atomic E-state index is 0.712. The van der Waals surface area contributed by atoms with Crippen molar-refractivity contribution >= 4 is 28.8 Å². The second-order valence-electron chi connectivity index (χ2n) is 5.96. The molecule has 25 heavy (non-hydrogen) atoms. The second kappa shape index (κ2) is 6.22. The van der Waals surface area contributed by atoms with Crippen LogP contribution in [0.25, 0.3) is 16.8 Å². The Morgan fingerprint density at radius 2 is 1.68 bits per heavy atom. The van der Waals surface area contributed by atoms with Crippen LogP contribution in [0.1, 0.15) is 11.3 Å². The van der Waals surface area contributed by atoms with Gasteiger partial charge in [0.1, 0.15) is 5.82 Å². The van der Waals surface area contributed by atoms with E-state index < -0.39 is 0 Å². The Hall–Kier alpha value is -2.85. The molecule has 0 spiro atoms. The van der Waals surface area contributed by atoms with E-state index in [1.165, 1.54) is 0 Å². The van der Waals surface area contributed by atoms with Crippen molar-refractivity contribution in [2.75, 3.05) is 5.32 Å². The molecule has 4 rings (SSSR count). The summed E-state index contributed by atoms with van der Waals surface area (Å²) in [6, 6.07) is 17.8. The molecular formula is C20H17ClN4. The number of rotatable bonds is 3. The molecule has 0 unspecified atom stereocenters. The molecule has 2 aromatic carbocycles. The molecule has 0 aliphatic carbocycles. The summed E-state index contributed by atoms with van der Waals surface area (Å²) < 4.78 is 1.86. The highest BCUT2D eigenvalue weighted by atomic mass is 35.5. The number of hydrogen-bond acceptors (Lipinski definition) is 3. The van der Waals surface area contributed by atoms with Gasteiger partial charge in [-0.1, -0.05) is 41.9 Å². The first-order valence-electron chi connectivity index (χ1n) is 8.06. The van der Waals surface area contributed by atoms with Gasteiger partial charge in [-0.15, -0.1) is 0 Å². The first-order valence-corrected chi connectivity index (χ1v) is 8.44. The van der Waals surface area contributed by atoms with Crippen LogP contribution in [0.15, 0.2) is 60.8 Å². The number of fused-ring (bicyclic) bond motifs is 1. The summed E-state index contributed by atoms with van der Waals surface area (Å²) in [6.07, 6.45) is 1.86. The van der Waals surface area contributed by atoms with Crippen LogP contribution >= 0.6 is 11.6 Å². The van der Waals surface area contributed by atoms with Gasteiger partial charge in [0.25, 0.3) is 0 Å². The molecule has 0 aliphatic rings. The Morgan fingerprint density at radius 3 is 2.40 bits per heavy atom. The summed E-state index contributed by atoms with van der Waals surface area (Å²) in [4.78, 5) is 4.77. The summed E-state index contributed by atoms with van der Waals surface area (Å²) in [5.74, 6) is 0.909. The quantitative estimate of drug-likeness (QED) is 0.538. The van der Waals surface area contributed by atoms with E-state index in [0.717, 1.165) is 39.5 Å². The number of aryl methyl sites for hydroxylation is 1. The Morgan fingerprint density at radius 1 is 0.960 bits per heavy atom. The van der Waals surface area contributed by atoms with Gasteiger partial charge in [0, 0.05) is 27.5 Å². The van der Waals surface area contributed by atoms with Crippen LogP contribution in [0.4, 0.5) is 11.5 Å². The van der Waals surface area contributed by atoms with E-state index in [9.17, 15) is 0 Å². The topological polar surface area (TPSA) is 42.2 Å². The summed E-state index contributed by atoms with van der Waals surface area (Å²) in [7, 11) is 0. The third-order valence-corrected chi connectivity index (χ3v) is 4.57. The van der Waals surface area contributed by atoms with E-state index in [1.807, 2.05) is 67.0 Å². The van der Waals surface area contributed by atoms with Crippen molar-refractivity contribution in [2.45, 2.75) is 13.8 Å². The fourth-order valence-electron chi connectivity index (χ4n) is 2.82. The summed E-state index contributed by atoms with van der Waals surface area (Å²) in [5.41, 5.74) is 5.95. The first kappa shape index (κ1) is 15.7. The van der Waals surface area contributed by atoms with Crippen LogP contribution in [-0.2, 0) is 0 Å². The van der Waals surface area contributed by atoms with Crippen molar-refractivity contribution < 1.29 is 0 Å². The molecule has 2 heterocycles. The lowest BCUT2D eigenvalue weighted by atomic mass is 10.1. The molecule has 4 nitrogen and oxygen atoms in total. The maximum atomic E-state index is 5.98. The van der Waals surface area contributed by atoms with Gasteiger partial charge >= 0.3 is 0 Å². The molecular weight excluding hydrogens is 332 g/mol. The largest absolute Gasteiger partial charge is 0.340 e. The number of halogens is 1. The third-order valence-electron chi connectivity index (χ3n) is 4.32. The van der Waals surface area contributed by atoms with Crippen LogP contribution in [0.2, 0.25) is 5.02 Å². The van der Waals surface area contributed by atoms with Crippen molar-refractivity contribution in [1.82, 2.24) is 14.6 Å². The lowest BCUT2D eigenvalue weighted by molar-refractivity contribution is 0.924. The number of aromatic nitrogens is 3. The summed E-state index contributed by atoms with van der Waals surface area (Å²) >= 11 is 5.98. The molecule has 2 aromatic heterocycles. The molecule has 4 aromatic rings. The lowest BCUT2D eigenvalue weighted by Crippen LogP contribution is -2.06. The number of hydrogen-bond donors (Lipinski definition) is 1. The van der Waals surface area contributed by atoms with Crippen LogP contribution in [-0.4, -0.2) is 14.6 Å². The average Bonchev–Trinajstić information content (AvgIpc) is 3.04. The van der Waals surface area contributed by atoms with Gasteiger partial charge in [-0.05, 0) is 43.7 Å². The first-order chi connectivity index (χ1) is 12.1. The standard InChI is InChI=1S/C20H17ClN4/c1-13-14(2)23-20-18(15-6-4-3-5-7-15)12-22-25(20)19(13)24-17-10-8-16(21)9-11-17/h3-12,24H,1-2H3. The van der Waals surface area contributed by atoms with Crippen molar-refractivity contribution in [3.05, 3.63) is 77.1 Å². The predicted molar refractivity (Wildman–Crippen MR) is 103 cm³/mol. The Kier molecular flexibility index (Phi) is 3.90. The second-order valence-corrected chi connectivity index (χ2v) is 6.40. The zero-order valence-corrected chi connectivity index (χ0v) is 14.7. The van der Waals surface area contributed by atoms with E-state index in [-0.39, 0.29) is 0 Å². The van der Waals surface area contributed by atoms with E-state index in [0.29, 0.717) is 5.02 Å². The smallest absolute Gasteiger partial charge is 0.165 e. The SMILES string of the molecule is Cc1nc2c(-c3ccccc3)cnn2c(Nc2ccc(Cl)cc2)c1C. The molecule has 0 aliphatic heterocycles. The molecule has 0 fully saturated rings. The molecule has 0 atom stereocenters. The fraction of sp³-hybridized carbons (Fsp3) is 0.100. The monoisotopic (exact) mass is 348 g/mol. The summed E-state index contributed by atoms with van der Waals surface area (Å²) in [6.45, 7) is 4.06. The van der Waals surface area contributed by atoms with E-state index in [2.05, 4.69) is 22.5 Å². The zero-order valence-electron chi connectivity index (χ0n) is 14.0. The van der Waals surface area contributed by atoms with E-state index >= 15 is 0 Å². The van der Waals surface area contributed by atoms with Crippen molar-refractivity contribution in [2.24, 2.45) is 0 Å². The molecule has 0 amide bonds. The van der Waals surface area contributed by atoms with E-state index in [1.54, 1.807) is 0 Å². The van der Waals surface area contributed by atoms with Crippen LogP contribution in [0.3, 0.4) is 0 Å². The Balaban J connectivity index is 1.88. The van der Waals surface area contributed by atoms with Crippen molar-refractivity contribution in [1.29, 1.82) is 0 Å². The highest BCUT2D eigenvalue weighted by Gasteiger charge is 2.15. The highest BCUT2D eigenvalue weighted by molar-refractivity contribution is 6.30. The molecule has 1 N–H and O–H groups in total. The molecule has 0 saturated heterocycles. The highest BCUT2D eigenvalue weighted by Crippen LogP contribution is 2.29. The average molecular weight is 349 g/mol. The molecule has 0 radical (unpaired) electrons. The third kappa shape index (κ3) is 2.85. The number of nitrogens with zero attached hydrogens (tertiary/aromatic N) is 3. The van der Waals surface area contributed by atoms with Gasteiger partial charge in [0.05, 0.1) is 6.20 Å². The van der Waals surface area contributed by atoms with Crippen LogP contribution in [0.5, 0.6) is 0 Å². The van der Waals surface area contributed by atoms with Gasteiger partial charge in [-0.2, -0.15) is 9.61 Å². The molecule has 0 bridgehead atoms. The van der Waals surface area contributed by atoms with Gasteiger partial charge in [-0.3, -0.25) is 0 Å². The fourth-order valence-corrected chi connectivity index (χ4v) is 2.95. The maximum Gasteiger partial charge on any atom is 0.165 e. The minimum Gasteiger partial charge on any atom is -0.340 e. The van der Waals surface area contributed by atoms with Crippen molar-refractivity contribution in [3.8, 4) is 11.1 Å².